The minimum Gasteiger partial charge on any atom is -0.388 e. The van der Waals surface area contributed by atoms with Crippen molar-refractivity contribution in [3.05, 3.63) is 16.1 Å². The Kier molecular flexibility index (Phi) is 3.09. The van der Waals surface area contributed by atoms with Gasteiger partial charge in [-0.25, -0.2) is 4.98 Å². The summed E-state index contributed by atoms with van der Waals surface area (Å²) in [5.41, 5.74) is 0.323. The zero-order chi connectivity index (χ0) is 10.9. The van der Waals surface area contributed by atoms with Gasteiger partial charge >= 0.3 is 0 Å². The fourth-order valence-corrected chi connectivity index (χ4v) is 2.21. The van der Waals surface area contributed by atoms with Gasteiger partial charge in [0.05, 0.1) is 16.3 Å². The van der Waals surface area contributed by atoms with Crippen LogP contribution in [-0.4, -0.2) is 28.3 Å². The molecule has 0 bridgehead atoms. The molecular formula is C11H18N2OS. The first-order chi connectivity index (χ1) is 7.05. The predicted molar refractivity (Wildman–Crippen MR) is 62.2 cm³/mol. The van der Waals surface area contributed by atoms with E-state index in [0.717, 1.165) is 10.7 Å². The summed E-state index contributed by atoms with van der Waals surface area (Å²) in [4.78, 5) is 4.37. The predicted octanol–water partition coefficient (Wildman–Crippen LogP) is 1.50. The lowest BCUT2D eigenvalue weighted by atomic mass is 10.0. The highest BCUT2D eigenvalue weighted by molar-refractivity contribution is 7.09. The number of aliphatic hydroxyl groups is 1. The summed E-state index contributed by atoms with van der Waals surface area (Å²) in [5.74, 6) is 0. The number of aromatic nitrogens is 1. The Bertz CT molecular complexity index is 331. The Labute approximate surface area is 94.5 Å². The van der Waals surface area contributed by atoms with Crippen molar-refractivity contribution in [3.8, 4) is 0 Å². The van der Waals surface area contributed by atoms with Crippen molar-refractivity contribution in [2.75, 3.05) is 6.54 Å². The van der Waals surface area contributed by atoms with Crippen LogP contribution in [0.4, 0.5) is 0 Å². The zero-order valence-corrected chi connectivity index (χ0v) is 10.1. The molecule has 0 aliphatic heterocycles. The molecule has 0 radical (unpaired) electrons. The average molecular weight is 226 g/mol. The highest BCUT2D eigenvalue weighted by Crippen LogP contribution is 2.21. The molecule has 1 aliphatic rings. The quantitative estimate of drug-likeness (QED) is 0.799. The molecule has 0 amide bonds. The van der Waals surface area contributed by atoms with Crippen LogP contribution in [0, 0.1) is 6.92 Å². The molecule has 2 N–H and O–H groups in total. The minimum absolute atomic E-state index is 0.636. The van der Waals surface area contributed by atoms with Crippen LogP contribution in [0.3, 0.4) is 0 Å². The Morgan fingerprint density at radius 3 is 2.93 bits per heavy atom. The number of rotatable bonds is 5. The highest BCUT2D eigenvalue weighted by atomic mass is 32.1. The second kappa shape index (κ2) is 4.20. The molecule has 1 atom stereocenters. The fraction of sp³-hybridized carbons (Fsp3) is 0.727. The van der Waals surface area contributed by atoms with Crippen LogP contribution in [0.5, 0.6) is 0 Å². The molecule has 0 spiro atoms. The molecule has 1 heterocycles. The van der Waals surface area contributed by atoms with Gasteiger partial charge in [0.2, 0.25) is 0 Å². The van der Waals surface area contributed by atoms with Gasteiger partial charge in [-0.2, -0.15) is 0 Å². The highest BCUT2D eigenvalue weighted by Gasteiger charge is 2.27. The van der Waals surface area contributed by atoms with Crippen LogP contribution in [0.2, 0.25) is 0 Å². The number of nitrogens with one attached hydrogen (secondary N) is 1. The van der Waals surface area contributed by atoms with Crippen molar-refractivity contribution >= 4 is 11.3 Å². The summed E-state index contributed by atoms with van der Waals surface area (Å²) in [5, 5.41) is 16.6. The van der Waals surface area contributed by atoms with Crippen LogP contribution in [0.15, 0.2) is 5.38 Å². The third-order valence-corrected chi connectivity index (χ3v) is 3.40. The van der Waals surface area contributed by atoms with E-state index in [9.17, 15) is 5.11 Å². The Morgan fingerprint density at radius 1 is 1.67 bits per heavy atom. The van der Waals surface area contributed by atoms with Crippen LogP contribution < -0.4 is 5.32 Å². The largest absolute Gasteiger partial charge is 0.388 e. The monoisotopic (exact) mass is 226 g/mol. The summed E-state index contributed by atoms with van der Waals surface area (Å²) in [7, 11) is 0. The van der Waals surface area contributed by atoms with Crippen molar-refractivity contribution in [2.24, 2.45) is 0 Å². The van der Waals surface area contributed by atoms with E-state index >= 15 is 0 Å². The lowest BCUT2D eigenvalue weighted by molar-refractivity contribution is 0.0589. The summed E-state index contributed by atoms with van der Waals surface area (Å²) >= 11 is 1.64. The number of hydrogen-bond donors (Lipinski definition) is 2. The SMILES string of the molecule is Cc1nc(CC(C)(O)CNC2CC2)cs1. The lowest BCUT2D eigenvalue weighted by Crippen LogP contribution is -2.40. The average Bonchev–Trinajstić information content (AvgIpc) is 2.88. The third-order valence-electron chi connectivity index (χ3n) is 2.58. The van der Waals surface area contributed by atoms with Crippen LogP contribution >= 0.6 is 11.3 Å². The summed E-state index contributed by atoms with van der Waals surface area (Å²) < 4.78 is 0. The van der Waals surface area contributed by atoms with Crippen molar-refractivity contribution in [1.82, 2.24) is 10.3 Å². The fourth-order valence-electron chi connectivity index (χ4n) is 1.59. The van der Waals surface area contributed by atoms with Crippen LogP contribution in [-0.2, 0) is 6.42 Å². The third kappa shape index (κ3) is 3.55. The summed E-state index contributed by atoms with van der Waals surface area (Å²) in [6.07, 6.45) is 3.15. The van der Waals surface area contributed by atoms with Gasteiger partial charge < -0.3 is 10.4 Å². The Morgan fingerprint density at radius 2 is 2.40 bits per heavy atom. The Balaban J connectivity index is 1.84. The molecule has 4 heteroatoms. The standard InChI is InChI=1S/C11H18N2OS/c1-8-13-10(6-15-8)5-11(2,14)7-12-9-3-4-9/h6,9,12,14H,3-5,7H2,1-2H3. The molecule has 2 rings (SSSR count). The molecule has 1 fully saturated rings. The molecule has 0 saturated heterocycles. The lowest BCUT2D eigenvalue weighted by Gasteiger charge is -2.22. The summed E-state index contributed by atoms with van der Waals surface area (Å²) in [6, 6.07) is 0.647. The molecule has 1 unspecified atom stereocenters. The maximum atomic E-state index is 10.2. The molecule has 1 saturated carbocycles. The van der Waals surface area contributed by atoms with E-state index in [1.807, 2.05) is 19.2 Å². The van der Waals surface area contributed by atoms with Crippen molar-refractivity contribution in [3.63, 3.8) is 0 Å². The first-order valence-electron chi connectivity index (χ1n) is 5.42. The maximum Gasteiger partial charge on any atom is 0.0897 e. The van der Waals surface area contributed by atoms with E-state index in [4.69, 9.17) is 0 Å². The van der Waals surface area contributed by atoms with Crippen molar-refractivity contribution in [2.45, 2.75) is 44.8 Å². The van der Waals surface area contributed by atoms with E-state index in [2.05, 4.69) is 10.3 Å². The molecule has 0 aromatic carbocycles. The number of thiazole rings is 1. The van der Waals surface area contributed by atoms with Gasteiger partial charge in [0.1, 0.15) is 0 Å². The first kappa shape index (κ1) is 11.0. The van der Waals surface area contributed by atoms with Gasteiger partial charge in [-0.15, -0.1) is 11.3 Å². The number of hydrogen-bond acceptors (Lipinski definition) is 4. The first-order valence-corrected chi connectivity index (χ1v) is 6.30. The molecule has 1 aromatic heterocycles. The van der Waals surface area contributed by atoms with E-state index in [-0.39, 0.29) is 0 Å². The van der Waals surface area contributed by atoms with E-state index in [1.54, 1.807) is 11.3 Å². The van der Waals surface area contributed by atoms with Crippen molar-refractivity contribution < 1.29 is 5.11 Å². The topological polar surface area (TPSA) is 45.2 Å². The molecule has 3 nitrogen and oxygen atoms in total. The van der Waals surface area contributed by atoms with Gasteiger partial charge in [-0.1, -0.05) is 0 Å². The maximum absolute atomic E-state index is 10.2. The molecule has 15 heavy (non-hydrogen) atoms. The van der Waals surface area contributed by atoms with Gasteiger partial charge in [0.25, 0.3) is 0 Å². The molecule has 84 valence electrons. The molecule has 1 aliphatic carbocycles. The smallest absolute Gasteiger partial charge is 0.0897 e. The van der Waals surface area contributed by atoms with E-state index in [1.165, 1.54) is 12.8 Å². The van der Waals surface area contributed by atoms with Crippen LogP contribution in [0.25, 0.3) is 0 Å². The normalized spacial score (nSPS) is 20.2. The van der Waals surface area contributed by atoms with Crippen molar-refractivity contribution in [1.29, 1.82) is 0 Å². The van der Waals surface area contributed by atoms with Gasteiger partial charge in [-0.3, -0.25) is 0 Å². The van der Waals surface area contributed by atoms with E-state index in [0.29, 0.717) is 19.0 Å². The second-order valence-electron chi connectivity index (χ2n) is 4.69. The summed E-state index contributed by atoms with van der Waals surface area (Å²) in [6.45, 7) is 4.52. The second-order valence-corrected chi connectivity index (χ2v) is 5.75. The molecule has 1 aromatic rings. The number of nitrogens with zero attached hydrogens (tertiary/aromatic N) is 1. The zero-order valence-electron chi connectivity index (χ0n) is 9.29. The van der Waals surface area contributed by atoms with Crippen LogP contribution in [0.1, 0.15) is 30.5 Å². The van der Waals surface area contributed by atoms with Gasteiger partial charge in [0, 0.05) is 24.4 Å². The molecular weight excluding hydrogens is 208 g/mol. The number of aryl methyl sites for hydroxylation is 1. The van der Waals surface area contributed by atoms with Gasteiger partial charge in [0.15, 0.2) is 0 Å². The van der Waals surface area contributed by atoms with Gasteiger partial charge in [-0.05, 0) is 26.7 Å². The minimum atomic E-state index is -0.677. The Hall–Kier alpha value is -0.450. The van der Waals surface area contributed by atoms with E-state index < -0.39 is 5.60 Å².